The van der Waals surface area contributed by atoms with Crippen molar-refractivity contribution in [2.24, 2.45) is 0 Å². The van der Waals surface area contributed by atoms with Crippen LogP contribution < -0.4 is 5.73 Å². The summed E-state index contributed by atoms with van der Waals surface area (Å²) in [7, 11) is 0. The van der Waals surface area contributed by atoms with E-state index >= 15 is 0 Å². The molecule has 2 N–H and O–H groups in total. The van der Waals surface area contributed by atoms with E-state index in [9.17, 15) is 0 Å². The fourth-order valence-electron chi connectivity index (χ4n) is 1.07. The molecule has 66 valence electrons. The van der Waals surface area contributed by atoms with E-state index in [0.29, 0.717) is 5.82 Å². The lowest BCUT2D eigenvalue weighted by molar-refractivity contribution is 0.437. The molecule has 13 heavy (non-hydrogen) atoms. The molecule has 0 saturated heterocycles. The molecule has 0 aliphatic carbocycles. The Labute approximate surface area is 74.6 Å². The van der Waals surface area contributed by atoms with Crippen molar-refractivity contribution in [3.63, 3.8) is 0 Å². The van der Waals surface area contributed by atoms with Crippen LogP contribution >= 0.6 is 0 Å². The minimum absolute atomic E-state index is 0.0752. The highest BCUT2D eigenvalue weighted by atomic mass is 16.5. The summed E-state index contributed by atoms with van der Waals surface area (Å²) in [5.41, 5.74) is 7.18. The number of nitrogen functional groups attached to an aromatic ring is 1. The van der Waals surface area contributed by atoms with Gasteiger partial charge in [-0.3, -0.25) is 4.98 Å². The molecule has 5 nitrogen and oxygen atoms in total. The van der Waals surface area contributed by atoms with Gasteiger partial charge in [-0.25, -0.2) is 0 Å². The molecule has 0 aliphatic rings. The third-order valence-electron chi connectivity index (χ3n) is 1.70. The smallest absolute Gasteiger partial charge is 0.319 e. The second-order valence-electron chi connectivity index (χ2n) is 2.65. The van der Waals surface area contributed by atoms with Crippen LogP contribution in [0.1, 0.15) is 5.56 Å². The monoisotopic (exact) mass is 176 g/mol. The highest BCUT2D eigenvalue weighted by Crippen LogP contribution is 2.18. The number of anilines is 1. The molecule has 0 fully saturated rings. The molecular weight excluding hydrogens is 168 g/mol. The van der Waals surface area contributed by atoms with Gasteiger partial charge in [0.25, 0.3) is 0 Å². The van der Waals surface area contributed by atoms with E-state index in [1.165, 1.54) is 0 Å². The average molecular weight is 176 g/mol. The van der Waals surface area contributed by atoms with E-state index in [-0.39, 0.29) is 6.01 Å². The van der Waals surface area contributed by atoms with E-state index in [0.717, 1.165) is 11.1 Å². The lowest BCUT2D eigenvalue weighted by atomic mass is 10.1. The number of nitrogens with two attached hydrogens (primary N) is 1. The van der Waals surface area contributed by atoms with Crippen molar-refractivity contribution in [1.82, 2.24) is 15.1 Å². The molecule has 0 aromatic carbocycles. The predicted molar refractivity (Wildman–Crippen MR) is 46.7 cm³/mol. The average Bonchev–Trinajstić information content (AvgIpc) is 2.53. The van der Waals surface area contributed by atoms with Crippen molar-refractivity contribution in [1.29, 1.82) is 0 Å². The van der Waals surface area contributed by atoms with Crippen LogP contribution in [0.5, 0.6) is 0 Å². The molecule has 0 unspecified atom stereocenters. The Kier molecular flexibility index (Phi) is 1.70. The molecule has 0 aliphatic heterocycles. The first-order valence-corrected chi connectivity index (χ1v) is 3.77. The van der Waals surface area contributed by atoms with E-state index in [1.807, 2.05) is 13.0 Å². The van der Waals surface area contributed by atoms with Crippen LogP contribution in [0.4, 0.5) is 6.01 Å². The lowest BCUT2D eigenvalue weighted by Gasteiger charge is -1.96. The standard InChI is InChI=1S/C8H8N4O/c1-5-4-10-3-2-6(5)7-11-8(9)13-12-7/h2-4H,1H3,(H2,9,11,12). The van der Waals surface area contributed by atoms with E-state index in [4.69, 9.17) is 5.73 Å². The molecule has 0 amide bonds. The zero-order chi connectivity index (χ0) is 9.26. The third-order valence-corrected chi connectivity index (χ3v) is 1.70. The molecule has 0 radical (unpaired) electrons. The predicted octanol–water partition coefficient (Wildman–Crippen LogP) is 1.02. The Morgan fingerprint density at radius 3 is 2.92 bits per heavy atom. The zero-order valence-corrected chi connectivity index (χ0v) is 7.06. The van der Waals surface area contributed by atoms with Gasteiger partial charge in [0.15, 0.2) is 0 Å². The number of pyridine rings is 1. The quantitative estimate of drug-likeness (QED) is 0.701. The van der Waals surface area contributed by atoms with Gasteiger partial charge in [-0.2, -0.15) is 4.98 Å². The molecule has 2 aromatic heterocycles. The Morgan fingerprint density at radius 2 is 2.31 bits per heavy atom. The first-order chi connectivity index (χ1) is 6.27. The van der Waals surface area contributed by atoms with Crippen LogP contribution in [0.2, 0.25) is 0 Å². The van der Waals surface area contributed by atoms with Gasteiger partial charge in [-0.1, -0.05) is 5.16 Å². The zero-order valence-electron chi connectivity index (χ0n) is 7.06. The van der Waals surface area contributed by atoms with Gasteiger partial charge in [0, 0.05) is 18.0 Å². The minimum atomic E-state index is 0.0752. The number of nitrogens with zero attached hydrogens (tertiary/aromatic N) is 3. The van der Waals surface area contributed by atoms with Gasteiger partial charge in [0.05, 0.1) is 0 Å². The molecule has 2 heterocycles. The lowest BCUT2D eigenvalue weighted by Crippen LogP contribution is -1.87. The number of hydrogen-bond acceptors (Lipinski definition) is 5. The number of hydrogen-bond donors (Lipinski definition) is 1. The highest BCUT2D eigenvalue weighted by molar-refractivity contribution is 5.58. The fourth-order valence-corrected chi connectivity index (χ4v) is 1.07. The second kappa shape index (κ2) is 2.85. The van der Waals surface area contributed by atoms with Gasteiger partial charge in [-0.15, -0.1) is 0 Å². The molecule has 0 bridgehead atoms. The van der Waals surface area contributed by atoms with Crippen molar-refractivity contribution in [3.8, 4) is 11.4 Å². The molecule has 0 atom stereocenters. The summed E-state index contributed by atoms with van der Waals surface area (Å²) < 4.78 is 4.67. The third kappa shape index (κ3) is 1.35. The van der Waals surface area contributed by atoms with Crippen LogP contribution in [-0.2, 0) is 0 Å². The topological polar surface area (TPSA) is 77.8 Å². The van der Waals surface area contributed by atoms with Crippen LogP contribution in [-0.4, -0.2) is 15.1 Å². The van der Waals surface area contributed by atoms with Crippen molar-refractivity contribution < 1.29 is 4.52 Å². The molecule has 0 saturated carbocycles. The summed E-state index contributed by atoms with van der Waals surface area (Å²) in [6, 6.07) is 1.89. The molecule has 5 heteroatoms. The maximum Gasteiger partial charge on any atom is 0.319 e. The number of rotatable bonds is 1. The minimum Gasteiger partial charge on any atom is -0.351 e. The van der Waals surface area contributed by atoms with Gasteiger partial charge in [0.1, 0.15) is 0 Å². The molecule has 0 spiro atoms. The van der Waals surface area contributed by atoms with E-state index < -0.39 is 0 Å². The second-order valence-corrected chi connectivity index (χ2v) is 2.65. The maximum atomic E-state index is 5.31. The van der Waals surface area contributed by atoms with E-state index in [1.54, 1.807) is 12.4 Å². The fraction of sp³-hybridized carbons (Fsp3) is 0.125. The first-order valence-electron chi connectivity index (χ1n) is 3.77. The van der Waals surface area contributed by atoms with Gasteiger partial charge in [-0.05, 0) is 18.6 Å². The Hall–Kier alpha value is -1.91. The van der Waals surface area contributed by atoms with Crippen LogP contribution in [0.15, 0.2) is 23.0 Å². The SMILES string of the molecule is Cc1cnccc1-c1noc(N)n1. The summed E-state index contributed by atoms with van der Waals surface area (Å²) in [5.74, 6) is 0.498. The van der Waals surface area contributed by atoms with Crippen LogP contribution in [0.25, 0.3) is 11.4 Å². The van der Waals surface area contributed by atoms with Crippen molar-refractivity contribution in [2.75, 3.05) is 5.73 Å². The van der Waals surface area contributed by atoms with Crippen LogP contribution in [0.3, 0.4) is 0 Å². The summed E-state index contributed by atoms with van der Waals surface area (Å²) >= 11 is 0. The van der Waals surface area contributed by atoms with Crippen molar-refractivity contribution in [2.45, 2.75) is 6.92 Å². The van der Waals surface area contributed by atoms with Crippen LogP contribution in [0, 0.1) is 6.92 Å². The van der Waals surface area contributed by atoms with Gasteiger partial charge < -0.3 is 10.3 Å². The molecule has 2 rings (SSSR count). The number of aromatic nitrogens is 3. The molecular formula is C8H8N4O. The largest absolute Gasteiger partial charge is 0.351 e. The summed E-state index contributed by atoms with van der Waals surface area (Å²) in [5, 5.41) is 3.71. The van der Waals surface area contributed by atoms with Crippen molar-refractivity contribution >= 4 is 6.01 Å². The Balaban J connectivity index is 2.52. The normalized spacial score (nSPS) is 10.2. The van der Waals surface area contributed by atoms with Gasteiger partial charge >= 0.3 is 6.01 Å². The Morgan fingerprint density at radius 1 is 1.46 bits per heavy atom. The van der Waals surface area contributed by atoms with Crippen molar-refractivity contribution in [3.05, 3.63) is 24.0 Å². The molecule has 2 aromatic rings. The first kappa shape index (κ1) is 7.72. The summed E-state index contributed by atoms with van der Waals surface area (Å²) in [4.78, 5) is 7.87. The summed E-state index contributed by atoms with van der Waals surface area (Å²) in [6.07, 6.45) is 3.41. The maximum absolute atomic E-state index is 5.31. The van der Waals surface area contributed by atoms with E-state index in [2.05, 4.69) is 19.6 Å². The summed E-state index contributed by atoms with van der Waals surface area (Å²) in [6.45, 7) is 1.93. The Bertz CT molecular complexity index is 424. The highest BCUT2D eigenvalue weighted by Gasteiger charge is 2.07. The number of aryl methyl sites for hydroxylation is 1. The van der Waals surface area contributed by atoms with Gasteiger partial charge in [0.2, 0.25) is 5.82 Å².